The Balaban J connectivity index is 2.53. The van der Waals surface area contributed by atoms with Gasteiger partial charge in [0.05, 0.1) is 25.5 Å². The summed E-state index contributed by atoms with van der Waals surface area (Å²) in [4.78, 5) is 18.3. The number of H-pyrrole nitrogens is 1. The molecule has 0 spiro atoms. The molecule has 0 amide bonds. The number of ether oxygens (including phenoxy) is 1. The van der Waals surface area contributed by atoms with E-state index in [9.17, 15) is 4.79 Å². The molecule has 2 heterocycles. The summed E-state index contributed by atoms with van der Waals surface area (Å²) >= 11 is 0. The van der Waals surface area contributed by atoms with Crippen molar-refractivity contribution in [2.75, 3.05) is 6.61 Å². The van der Waals surface area contributed by atoms with Gasteiger partial charge in [-0.1, -0.05) is 0 Å². The van der Waals surface area contributed by atoms with Crippen LogP contribution in [0.15, 0.2) is 4.79 Å². The number of nitrogens with two attached hydrogens (primary N) is 1. The quantitative estimate of drug-likeness (QED) is 0.600. The number of nitrogens with zero attached hydrogens (tertiary/aromatic N) is 1. The molecule has 0 unspecified atom stereocenters. The molecular weight excluding hydrogens is 170 g/mol. The molecule has 0 bridgehead atoms. The van der Waals surface area contributed by atoms with Crippen molar-refractivity contribution in [3.05, 3.63) is 27.4 Å². The van der Waals surface area contributed by atoms with Crippen LogP contribution in [0.4, 0.5) is 0 Å². The van der Waals surface area contributed by atoms with Crippen LogP contribution in [0.1, 0.15) is 17.1 Å². The molecule has 0 aromatic carbocycles. The van der Waals surface area contributed by atoms with Gasteiger partial charge in [0.25, 0.3) is 5.56 Å². The van der Waals surface area contributed by atoms with Crippen LogP contribution in [0.3, 0.4) is 0 Å². The summed E-state index contributed by atoms with van der Waals surface area (Å²) in [5, 5.41) is 0. The van der Waals surface area contributed by atoms with Gasteiger partial charge in [0, 0.05) is 12.0 Å². The third-order valence-electron chi connectivity index (χ3n) is 2.08. The van der Waals surface area contributed by atoms with E-state index in [2.05, 4.69) is 9.97 Å². The second kappa shape index (κ2) is 3.27. The van der Waals surface area contributed by atoms with Gasteiger partial charge in [0.15, 0.2) is 0 Å². The predicted molar refractivity (Wildman–Crippen MR) is 46.1 cm³/mol. The lowest BCUT2D eigenvalue weighted by atomic mass is 10.1. The maximum Gasteiger partial charge on any atom is 0.254 e. The monoisotopic (exact) mass is 181 g/mol. The van der Waals surface area contributed by atoms with E-state index in [-0.39, 0.29) is 12.1 Å². The van der Waals surface area contributed by atoms with Crippen LogP contribution in [0.2, 0.25) is 0 Å². The fourth-order valence-electron chi connectivity index (χ4n) is 1.41. The van der Waals surface area contributed by atoms with E-state index >= 15 is 0 Å². The summed E-state index contributed by atoms with van der Waals surface area (Å²) in [6.07, 6.45) is 0.641. The minimum Gasteiger partial charge on any atom is -0.375 e. The largest absolute Gasteiger partial charge is 0.375 e. The van der Waals surface area contributed by atoms with E-state index in [1.54, 1.807) is 0 Å². The Labute approximate surface area is 74.9 Å². The van der Waals surface area contributed by atoms with Crippen LogP contribution in [0, 0.1) is 0 Å². The third-order valence-corrected chi connectivity index (χ3v) is 2.08. The lowest BCUT2D eigenvalue weighted by molar-refractivity contribution is 0.106. The molecule has 0 atom stereocenters. The van der Waals surface area contributed by atoms with Crippen molar-refractivity contribution in [2.24, 2.45) is 5.73 Å². The van der Waals surface area contributed by atoms with Gasteiger partial charge in [-0.15, -0.1) is 0 Å². The summed E-state index contributed by atoms with van der Waals surface area (Å²) in [7, 11) is 0. The molecule has 13 heavy (non-hydrogen) atoms. The van der Waals surface area contributed by atoms with Crippen molar-refractivity contribution >= 4 is 0 Å². The average molecular weight is 181 g/mol. The zero-order valence-corrected chi connectivity index (χ0v) is 7.17. The van der Waals surface area contributed by atoms with Gasteiger partial charge in [-0.3, -0.25) is 4.79 Å². The standard InChI is InChI=1S/C8H11N3O2/c9-3-7-10-6-4-13-2-1-5(6)8(12)11-7/h1-4,9H2,(H,10,11,12). The molecule has 70 valence electrons. The summed E-state index contributed by atoms with van der Waals surface area (Å²) in [6, 6.07) is 0. The lowest BCUT2D eigenvalue weighted by Gasteiger charge is -2.14. The van der Waals surface area contributed by atoms with Crippen LogP contribution in [-0.2, 0) is 24.3 Å². The van der Waals surface area contributed by atoms with E-state index in [1.165, 1.54) is 0 Å². The topological polar surface area (TPSA) is 81.0 Å². The van der Waals surface area contributed by atoms with Crippen molar-refractivity contribution in [3.63, 3.8) is 0 Å². The van der Waals surface area contributed by atoms with Gasteiger partial charge < -0.3 is 15.5 Å². The highest BCUT2D eigenvalue weighted by molar-refractivity contribution is 5.19. The summed E-state index contributed by atoms with van der Waals surface area (Å²) < 4.78 is 5.19. The fraction of sp³-hybridized carbons (Fsp3) is 0.500. The number of hydrogen-bond acceptors (Lipinski definition) is 4. The first-order valence-corrected chi connectivity index (χ1v) is 4.20. The molecule has 2 rings (SSSR count). The van der Waals surface area contributed by atoms with Crippen molar-refractivity contribution < 1.29 is 4.74 Å². The Kier molecular flexibility index (Phi) is 2.12. The van der Waals surface area contributed by atoms with Crippen LogP contribution in [0.25, 0.3) is 0 Å². The number of rotatable bonds is 1. The number of aromatic amines is 1. The van der Waals surface area contributed by atoms with Crippen molar-refractivity contribution in [2.45, 2.75) is 19.6 Å². The van der Waals surface area contributed by atoms with Crippen molar-refractivity contribution in [3.8, 4) is 0 Å². The molecule has 5 nitrogen and oxygen atoms in total. The average Bonchev–Trinajstić information content (AvgIpc) is 2.18. The molecule has 0 aliphatic carbocycles. The lowest BCUT2D eigenvalue weighted by Crippen LogP contribution is -2.26. The third kappa shape index (κ3) is 1.48. The summed E-state index contributed by atoms with van der Waals surface area (Å²) in [5.41, 5.74) is 6.77. The highest BCUT2D eigenvalue weighted by atomic mass is 16.5. The molecule has 1 aliphatic rings. The molecule has 0 saturated carbocycles. The second-order valence-electron chi connectivity index (χ2n) is 2.94. The zero-order chi connectivity index (χ0) is 9.26. The van der Waals surface area contributed by atoms with Gasteiger partial charge in [-0.05, 0) is 0 Å². The Morgan fingerprint density at radius 2 is 2.46 bits per heavy atom. The Morgan fingerprint density at radius 3 is 3.23 bits per heavy atom. The minimum atomic E-state index is -0.0752. The number of hydrogen-bond donors (Lipinski definition) is 2. The molecule has 1 aliphatic heterocycles. The van der Waals surface area contributed by atoms with Crippen LogP contribution >= 0.6 is 0 Å². The molecule has 1 aromatic rings. The van der Waals surface area contributed by atoms with Crippen LogP contribution < -0.4 is 11.3 Å². The van der Waals surface area contributed by atoms with E-state index in [4.69, 9.17) is 10.5 Å². The van der Waals surface area contributed by atoms with Gasteiger partial charge >= 0.3 is 0 Å². The molecule has 3 N–H and O–H groups in total. The highest BCUT2D eigenvalue weighted by Crippen LogP contribution is 2.09. The molecule has 0 saturated heterocycles. The first-order valence-electron chi connectivity index (χ1n) is 4.20. The Morgan fingerprint density at radius 1 is 1.62 bits per heavy atom. The molecular formula is C8H11N3O2. The van der Waals surface area contributed by atoms with Gasteiger partial charge in [0.1, 0.15) is 5.82 Å². The van der Waals surface area contributed by atoms with E-state index in [1.807, 2.05) is 0 Å². The van der Waals surface area contributed by atoms with Crippen LogP contribution in [0.5, 0.6) is 0 Å². The molecule has 0 fully saturated rings. The van der Waals surface area contributed by atoms with E-state index in [0.717, 1.165) is 11.3 Å². The first-order chi connectivity index (χ1) is 6.31. The SMILES string of the molecule is NCc1nc2c(c(=O)[nH]1)CCOC2. The van der Waals surface area contributed by atoms with E-state index < -0.39 is 0 Å². The van der Waals surface area contributed by atoms with Gasteiger partial charge in [-0.25, -0.2) is 4.98 Å². The van der Waals surface area contributed by atoms with Crippen molar-refractivity contribution in [1.82, 2.24) is 9.97 Å². The maximum atomic E-state index is 11.4. The molecule has 0 radical (unpaired) electrons. The summed E-state index contributed by atoms with van der Waals surface area (Å²) in [5.74, 6) is 0.522. The summed E-state index contributed by atoms with van der Waals surface area (Å²) in [6.45, 7) is 1.27. The normalized spacial score (nSPS) is 15.5. The Hall–Kier alpha value is -1.20. The number of aromatic nitrogens is 2. The second-order valence-corrected chi connectivity index (χ2v) is 2.94. The Bertz CT molecular complexity index is 372. The predicted octanol–water partition coefficient (Wildman–Crippen LogP) is -0.699. The van der Waals surface area contributed by atoms with Crippen molar-refractivity contribution in [1.29, 1.82) is 0 Å². The fourth-order valence-corrected chi connectivity index (χ4v) is 1.41. The smallest absolute Gasteiger partial charge is 0.254 e. The molecule has 1 aromatic heterocycles. The maximum absolute atomic E-state index is 11.4. The number of nitrogens with one attached hydrogen (secondary N) is 1. The highest BCUT2D eigenvalue weighted by Gasteiger charge is 2.14. The molecule has 5 heteroatoms. The van der Waals surface area contributed by atoms with Gasteiger partial charge in [0.2, 0.25) is 0 Å². The zero-order valence-electron chi connectivity index (χ0n) is 7.17. The minimum absolute atomic E-state index is 0.0752. The van der Waals surface area contributed by atoms with Gasteiger partial charge in [-0.2, -0.15) is 0 Å². The number of fused-ring (bicyclic) bond motifs is 1. The van der Waals surface area contributed by atoms with Crippen LogP contribution in [-0.4, -0.2) is 16.6 Å². The first kappa shape index (κ1) is 8.40. The van der Waals surface area contributed by atoms with E-state index in [0.29, 0.717) is 25.5 Å².